The van der Waals surface area contributed by atoms with Gasteiger partial charge in [0.25, 0.3) is 5.91 Å². The van der Waals surface area contributed by atoms with Crippen LogP contribution in [0.15, 0.2) is 0 Å². The second-order valence-corrected chi connectivity index (χ2v) is 5.58. The monoisotopic (exact) mass is 318 g/mol. The maximum atomic E-state index is 12.6. The molecule has 21 heavy (non-hydrogen) atoms. The second kappa shape index (κ2) is 7.09. The number of carbonyl (C=O) groups excluding carboxylic acids is 3. The maximum Gasteiger partial charge on any atom is 0.325 e. The van der Waals surface area contributed by atoms with Crippen molar-refractivity contribution in [2.24, 2.45) is 11.7 Å². The number of nitrogens with two attached hydrogens (primary N) is 1. The summed E-state index contributed by atoms with van der Waals surface area (Å²) in [5.74, 6) is -0.526. The Hall–Kier alpha value is -1.34. The Bertz CT molecular complexity index is 432. The molecule has 1 heterocycles. The van der Waals surface area contributed by atoms with Gasteiger partial charge < -0.3 is 16.4 Å². The molecule has 4 N–H and O–H groups in total. The minimum absolute atomic E-state index is 0. The highest BCUT2D eigenvalue weighted by Crippen LogP contribution is 2.37. The van der Waals surface area contributed by atoms with Gasteiger partial charge in [-0.1, -0.05) is 19.8 Å². The minimum Gasteiger partial charge on any atom is -0.353 e. The van der Waals surface area contributed by atoms with E-state index in [1.165, 1.54) is 0 Å². The number of carbonyl (C=O) groups is 3. The van der Waals surface area contributed by atoms with Gasteiger partial charge in [-0.2, -0.15) is 0 Å². The fraction of sp³-hybridized carbons (Fsp3) is 0.769. The first-order valence-corrected chi connectivity index (χ1v) is 7.12. The van der Waals surface area contributed by atoms with Crippen molar-refractivity contribution in [3.8, 4) is 0 Å². The van der Waals surface area contributed by atoms with Crippen LogP contribution in [0.25, 0.3) is 0 Å². The lowest BCUT2D eigenvalue weighted by atomic mass is 9.73. The van der Waals surface area contributed by atoms with E-state index in [1.807, 2.05) is 6.92 Å². The fourth-order valence-corrected chi connectivity index (χ4v) is 3.05. The standard InChI is InChI=1S/C13H22N4O3.ClH/c1-9-4-2-3-5-13(9)11(19)17(12(20)16-13)8-10(18)15-7-6-14;/h9H,2-8,14H2,1H3,(H,15,18)(H,16,20);1H. The van der Waals surface area contributed by atoms with Gasteiger partial charge in [-0.15, -0.1) is 12.4 Å². The molecule has 1 saturated heterocycles. The van der Waals surface area contributed by atoms with Crippen LogP contribution in [-0.2, 0) is 9.59 Å². The molecule has 2 rings (SSSR count). The van der Waals surface area contributed by atoms with E-state index in [2.05, 4.69) is 10.6 Å². The van der Waals surface area contributed by atoms with Crippen molar-refractivity contribution in [2.45, 2.75) is 38.1 Å². The van der Waals surface area contributed by atoms with Gasteiger partial charge in [0.1, 0.15) is 12.1 Å². The number of nitrogens with zero attached hydrogens (tertiary/aromatic N) is 1. The van der Waals surface area contributed by atoms with Crippen LogP contribution in [0.1, 0.15) is 32.6 Å². The molecule has 4 amide bonds. The molecule has 1 aliphatic heterocycles. The zero-order valence-corrected chi connectivity index (χ0v) is 13.0. The van der Waals surface area contributed by atoms with Crippen LogP contribution in [0.4, 0.5) is 4.79 Å². The van der Waals surface area contributed by atoms with Crippen LogP contribution in [0.2, 0.25) is 0 Å². The molecule has 0 aromatic carbocycles. The molecule has 2 atom stereocenters. The van der Waals surface area contributed by atoms with E-state index in [-0.39, 0.29) is 36.7 Å². The zero-order chi connectivity index (χ0) is 14.8. The lowest BCUT2D eigenvalue weighted by Gasteiger charge is -2.36. The van der Waals surface area contributed by atoms with E-state index in [1.54, 1.807) is 0 Å². The van der Waals surface area contributed by atoms with Crippen LogP contribution >= 0.6 is 12.4 Å². The summed E-state index contributed by atoms with van der Waals surface area (Å²) in [6.45, 7) is 2.41. The number of urea groups is 1. The molecule has 0 aromatic rings. The number of rotatable bonds is 4. The molecule has 2 aliphatic rings. The summed E-state index contributed by atoms with van der Waals surface area (Å²) in [4.78, 5) is 37.2. The van der Waals surface area contributed by atoms with Crippen molar-refractivity contribution >= 4 is 30.3 Å². The highest BCUT2D eigenvalue weighted by Gasteiger charge is 2.55. The van der Waals surface area contributed by atoms with Crippen LogP contribution in [-0.4, -0.2) is 47.9 Å². The Morgan fingerprint density at radius 2 is 2.19 bits per heavy atom. The lowest BCUT2D eigenvalue weighted by Crippen LogP contribution is -2.54. The van der Waals surface area contributed by atoms with Gasteiger partial charge in [0, 0.05) is 13.1 Å². The Morgan fingerprint density at radius 1 is 1.48 bits per heavy atom. The first-order chi connectivity index (χ1) is 9.51. The topological polar surface area (TPSA) is 105 Å². The fourth-order valence-electron chi connectivity index (χ4n) is 3.05. The summed E-state index contributed by atoms with van der Waals surface area (Å²) in [6.07, 6.45) is 3.56. The van der Waals surface area contributed by atoms with Gasteiger partial charge in [-0.3, -0.25) is 14.5 Å². The molecule has 0 aromatic heterocycles. The molecular formula is C13H23ClN4O3. The van der Waals surface area contributed by atoms with Gasteiger partial charge in [0.05, 0.1) is 0 Å². The predicted molar refractivity (Wildman–Crippen MR) is 79.9 cm³/mol. The van der Waals surface area contributed by atoms with Crippen molar-refractivity contribution in [3.63, 3.8) is 0 Å². The Morgan fingerprint density at radius 3 is 2.81 bits per heavy atom. The average Bonchev–Trinajstić information content (AvgIpc) is 2.65. The van der Waals surface area contributed by atoms with Crippen LogP contribution in [0.5, 0.6) is 0 Å². The van der Waals surface area contributed by atoms with Gasteiger partial charge >= 0.3 is 6.03 Å². The van der Waals surface area contributed by atoms with E-state index < -0.39 is 11.6 Å². The Labute approximate surface area is 130 Å². The summed E-state index contributed by atoms with van der Waals surface area (Å²) in [7, 11) is 0. The van der Waals surface area contributed by atoms with E-state index in [0.717, 1.165) is 24.2 Å². The van der Waals surface area contributed by atoms with E-state index in [9.17, 15) is 14.4 Å². The van der Waals surface area contributed by atoms with Gasteiger partial charge in [-0.25, -0.2) is 4.79 Å². The summed E-state index contributed by atoms with van der Waals surface area (Å²) < 4.78 is 0. The molecule has 7 nitrogen and oxygen atoms in total. The number of hydrogen-bond donors (Lipinski definition) is 3. The number of halogens is 1. The highest BCUT2D eigenvalue weighted by molar-refractivity contribution is 6.09. The Balaban J connectivity index is 0.00000220. The van der Waals surface area contributed by atoms with Gasteiger partial charge in [-0.05, 0) is 18.8 Å². The number of nitrogens with one attached hydrogen (secondary N) is 2. The smallest absolute Gasteiger partial charge is 0.325 e. The molecule has 1 saturated carbocycles. The normalized spacial score (nSPS) is 28.3. The summed E-state index contributed by atoms with van der Waals surface area (Å²) in [5.41, 5.74) is 4.49. The van der Waals surface area contributed by atoms with Crippen molar-refractivity contribution < 1.29 is 14.4 Å². The predicted octanol–water partition coefficient (Wildman–Crippen LogP) is -0.0162. The first kappa shape index (κ1) is 17.7. The molecule has 2 unspecified atom stereocenters. The van der Waals surface area contributed by atoms with Crippen molar-refractivity contribution in [3.05, 3.63) is 0 Å². The number of hydrogen-bond acceptors (Lipinski definition) is 4. The van der Waals surface area contributed by atoms with E-state index in [0.29, 0.717) is 19.5 Å². The van der Waals surface area contributed by atoms with Crippen LogP contribution in [0.3, 0.4) is 0 Å². The number of imide groups is 1. The van der Waals surface area contributed by atoms with E-state index >= 15 is 0 Å². The summed E-state index contributed by atoms with van der Waals surface area (Å²) in [6, 6.07) is -0.466. The molecule has 0 bridgehead atoms. The first-order valence-electron chi connectivity index (χ1n) is 7.12. The molecule has 1 spiro atoms. The van der Waals surface area contributed by atoms with Crippen molar-refractivity contribution in [1.29, 1.82) is 0 Å². The molecular weight excluding hydrogens is 296 g/mol. The number of amides is 4. The van der Waals surface area contributed by atoms with Gasteiger partial charge in [0.15, 0.2) is 0 Å². The molecule has 8 heteroatoms. The van der Waals surface area contributed by atoms with Gasteiger partial charge in [0.2, 0.25) is 5.91 Å². The minimum atomic E-state index is -0.802. The SMILES string of the molecule is CC1CCCCC12NC(=O)N(CC(=O)NCCN)C2=O.Cl. The zero-order valence-electron chi connectivity index (χ0n) is 12.2. The van der Waals surface area contributed by atoms with Crippen LogP contribution in [0, 0.1) is 5.92 Å². The quantitative estimate of drug-likeness (QED) is 0.634. The largest absolute Gasteiger partial charge is 0.353 e. The summed E-state index contributed by atoms with van der Waals surface area (Å²) in [5, 5.41) is 5.38. The molecule has 120 valence electrons. The van der Waals surface area contributed by atoms with Crippen molar-refractivity contribution in [1.82, 2.24) is 15.5 Å². The lowest BCUT2D eigenvalue weighted by molar-refractivity contribution is -0.137. The second-order valence-electron chi connectivity index (χ2n) is 5.58. The molecule has 0 radical (unpaired) electrons. The molecule has 2 fully saturated rings. The van der Waals surface area contributed by atoms with Crippen molar-refractivity contribution in [2.75, 3.05) is 19.6 Å². The average molecular weight is 319 g/mol. The third-order valence-electron chi connectivity index (χ3n) is 4.27. The van der Waals surface area contributed by atoms with Crippen LogP contribution < -0.4 is 16.4 Å². The Kier molecular flexibility index (Phi) is 5.98. The maximum absolute atomic E-state index is 12.6. The third kappa shape index (κ3) is 3.29. The summed E-state index contributed by atoms with van der Waals surface area (Å²) >= 11 is 0. The third-order valence-corrected chi connectivity index (χ3v) is 4.27. The highest BCUT2D eigenvalue weighted by atomic mass is 35.5. The van der Waals surface area contributed by atoms with E-state index in [4.69, 9.17) is 5.73 Å². The molecule has 1 aliphatic carbocycles.